The maximum Gasteiger partial charge on any atom is 0.260 e. The van der Waals surface area contributed by atoms with Gasteiger partial charge in [-0.25, -0.2) is 0 Å². The van der Waals surface area contributed by atoms with Crippen LogP contribution in [0.4, 0.5) is 0 Å². The van der Waals surface area contributed by atoms with Crippen molar-refractivity contribution in [2.45, 2.75) is 19.8 Å². The van der Waals surface area contributed by atoms with Crippen molar-refractivity contribution < 1.29 is 28.6 Å². The molecule has 0 saturated heterocycles. The second-order valence-corrected chi connectivity index (χ2v) is 6.68. The predicted octanol–water partition coefficient (Wildman–Crippen LogP) is 1.41. The first-order valence-electron chi connectivity index (χ1n) is 10.5. The molecule has 9 nitrogen and oxygen atoms in total. The van der Waals surface area contributed by atoms with Crippen LogP contribution in [0.2, 0.25) is 0 Å². The molecular weight excluding hydrogens is 402 g/mol. The van der Waals surface area contributed by atoms with E-state index in [0.29, 0.717) is 51.6 Å². The predicted molar refractivity (Wildman–Crippen MR) is 119 cm³/mol. The number of ether oxygens (including phenoxy) is 3. The number of carbonyl (C=O) groups excluding carboxylic acids is 2. The van der Waals surface area contributed by atoms with Crippen LogP contribution in [0.25, 0.3) is 0 Å². The molecule has 0 bridgehead atoms. The molecule has 0 spiro atoms. The van der Waals surface area contributed by atoms with Gasteiger partial charge < -0.3 is 29.7 Å². The largest absolute Gasteiger partial charge is 0.386 e. The molecule has 1 rings (SSSR count). The maximum absolute atomic E-state index is 11.7. The van der Waals surface area contributed by atoms with E-state index in [1.54, 1.807) is 24.3 Å². The first-order valence-corrected chi connectivity index (χ1v) is 10.5. The normalized spacial score (nSPS) is 11.0. The molecule has 1 aromatic rings. The molecule has 0 aromatic heterocycles. The van der Waals surface area contributed by atoms with Crippen LogP contribution in [0.5, 0.6) is 0 Å². The minimum Gasteiger partial charge on any atom is -0.386 e. The Hall–Kier alpha value is -2.33. The van der Waals surface area contributed by atoms with E-state index >= 15 is 0 Å². The lowest BCUT2D eigenvalue weighted by Crippen LogP contribution is -2.28. The van der Waals surface area contributed by atoms with Crippen LogP contribution >= 0.6 is 0 Å². The van der Waals surface area contributed by atoms with Crippen LogP contribution in [-0.2, 0) is 23.8 Å². The number of oxime groups is 1. The van der Waals surface area contributed by atoms with Crippen LogP contribution in [0.1, 0.15) is 35.7 Å². The summed E-state index contributed by atoms with van der Waals surface area (Å²) in [6, 6.07) is 6.95. The number of amides is 1. The molecule has 174 valence electrons. The summed E-state index contributed by atoms with van der Waals surface area (Å²) in [5.74, 6) is -0.242. The molecule has 0 aliphatic rings. The van der Waals surface area contributed by atoms with Crippen molar-refractivity contribution in [3.8, 4) is 0 Å². The Bertz CT molecular complexity index is 637. The summed E-state index contributed by atoms with van der Waals surface area (Å²) >= 11 is 0. The van der Waals surface area contributed by atoms with Gasteiger partial charge in [0.1, 0.15) is 0 Å². The third-order valence-corrected chi connectivity index (χ3v) is 4.04. The number of benzene rings is 1. The standard InChI is InChI=1S/C22H35N3O6/c1-19(26)21-7-5-20(6-8-21)17-25-31-18-22(27)24-10-4-12-29-14-16-30-15-13-28-11-3-9-23-2/h5-8,17,23H,3-4,9-16,18H2,1-2H3,(H,24,27). The lowest BCUT2D eigenvalue weighted by Gasteiger charge is -2.07. The molecule has 31 heavy (non-hydrogen) atoms. The Morgan fingerprint density at radius 1 is 0.903 bits per heavy atom. The van der Waals surface area contributed by atoms with E-state index in [4.69, 9.17) is 19.0 Å². The van der Waals surface area contributed by atoms with Gasteiger partial charge in [-0.15, -0.1) is 0 Å². The number of hydrogen-bond donors (Lipinski definition) is 2. The van der Waals surface area contributed by atoms with E-state index < -0.39 is 0 Å². The first-order chi connectivity index (χ1) is 15.1. The average Bonchev–Trinajstić information content (AvgIpc) is 2.77. The zero-order chi connectivity index (χ0) is 22.6. The van der Waals surface area contributed by atoms with Crippen LogP contribution in [0.15, 0.2) is 29.4 Å². The van der Waals surface area contributed by atoms with Crippen molar-refractivity contribution in [3.63, 3.8) is 0 Å². The molecule has 0 atom stereocenters. The van der Waals surface area contributed by atoms with Crippen molar-refractivity contribution >= 4 is 17.9 Å². The molecule has 9 heteroatoms. The number of nitrogens with one attached hydrogen (secondary N) is 2. The Labute approximate surface area is 184 Å². The monoisotopic (exact) mass is 437 g/mol. The van der Waals surface area contributed by atoms with Gasteiger partial charge in [0.15, 0.2) is 12.4 Å². The number of nitrogens with zero attached hydrogens (tertiary/aromatic N) is 1. The Morgan fingerprint density at radius 3 is 2.06 bits per heavy atom. The van der Waals surface area contributed by atoms with Crippen LogP contribution < -0.4 is 10.6 Å². The van der Waals surface area contributed by atoms with Crippen LogP contribution in [-0.4, -0.2) is 84.3 Å². The highest BCUT2D eigenvalue weighted by Gasteiger charge is 2.01. The minimum atomic E-state index is -0.248. The minimum absolute atomic E-state index is 0.00650. The molecule has 1 amide bonds. The van der Waals surface area contributed by atoms with Gasteiger partial charge in [-0.1, -0.05) is 29.4 Å². The van der Waals surface area contributed by atoms with Crippen LogP contribution in [0, 0.1) is 0 Å². The van der Waals surface area contributed by atoms with Gasteiger partial charge >= 0.3 is 0 Å². The highest BCUT2D eigenvalue weighted by Crippen LogP contribution is 2.03. The molecule has 0 fully saturated rings. The summed E-state index contributed by atoms with van der Waals surface area (Å²) in [6.45, 7) is 6.27. The summed E-state index contributed by atoms with van der Waals surface area (Å²) in [6.07, 6.45) is 3.18. The summed E-state index contributed by atoms with van der Waals surface area (Å²) < 4.78 is 16.3. The summed E-state index contributed by atoms with van der Waals surface area (Å²) in [5.41, 5.74) is 1.42. The van der Waals surface area contributed by atoms with Gasteiger partial charge in [0, 0.05) is 25.3 Å². The molecule has 0 saturated carbocycles. The summed E-state index contributed by atoms with van der Waals surface area (Å²) in [7, 11) is 1.92. The lowest BCUT2D eigenvalue weighted by atomic mass is 10.1. The van der Waals surface area contributed by atoms with Crippen molar-refractivity contribution in [1.29, 1.82) is 0 Å². The highest BCUT2D eigenvalue weighted by atomic mass is 16.6. The van der Waals surface area contributed by atoms with E-state index in [1.165, 1.54) is 13.1 Å². The molecule has 2 N–H and O–H groups in total. The van der Waals surface area contributed by atoms with Gasteiger partial charge in [0.25, 0.3) is 5.91 Å². The molecular formula is C22H35N3O6. The number of rotatable bonds is 19. The van der Waals surface area contributed by atoms with Crippen LogP contribution in [0.3, 0.4) is 0 Å². The highest BCUT2D eigenvalue weighted by molar-refractivity contribution is 5.94. The number of hydrogen-bond acceptors (Lipinski definition) is 8. The smallest absolute Gasteiger partial charge is 0.260 e. The third-order valence-electron chi connectivity index (χ3n) is 4.04. The van der Waals surface area contributed by atoms with Crippen molar-refractivity contribution in [2.24, 2.45) is 5.16 Å². The van der Waals surface area contributed by atoms with E-state index in [-0.39, 0.29) is 18.3 Å². The maximum atomic E-state index is 11.7. The van der Waals surface area contributed by atoms with Crippen molar-refractivity contribution in [1.82, 2.24) is 10.6 Å². The third kappa shape index (κ3) is 15.2. The lowest BCUT2D eigenvalue weighted by molar-refractivity contribution is -0.125. The van der Waals surface area contributed by atoms with Gasteiger partial charge in [0.2, 0.25) is 0 Å². The van der Waals surface area contributed by atoms with Crippen molar-refractivity contribution in [2.75, 3.05) is 66.4 Å². The average molecular weight is 438 g/mol. The Kier molecular flexibility index (Phi) is 15.9. The topological polar surface area (TPSA) is 107 Å². The van der Waals surface area contributed by atoms with Gasteiger partial charge in [-0.05, 0) is 38.9 Å². The second-order valence-electron chi connectivity index (χ2n) is 6.68. The van der Waals surface area contributed by atoms with Gasteiger partial charge in [-0.3, -0.25) is 9.59 Å². The van der Waals surface area contributed by atoms with E-state index in [0.717, 1.165) is 25.1 Å². The van der Waals surface area contributed by atoms with E-state index in [1.807, 2.05) is 7.05 Å². The zero-order valence-corrected chi connectivity index (χ0v) is 18.6. The van der Waals surface area contributed by atoms with E-state index in [9.17, 15) is 9.59 Å². The molecule has 1 aromatic carbocycles. The SMILES string of the molecule is CNCCCOCCOCCOCCCNC(=O)CON=Cc1ccc(C(C)=O)cc1. The second kappa shape index (κ2) is 18.4. The molecule has 0 aliphatic carbocycles. The first kappa shape index (κ1) is 26.7. The Balaban J connectivity index is 1.90. The summed E-state index contributed by atoms with van der Waals surface area (Å²) in [4.78, 5) is 27.9. The fourth-order valence-electron chi connectivity index (χ4n) is 2.34. The fraction of sp³-hybridized carbons (Fsp3) is 0.591. The molecule has 0 radical (unpaired) electrons. The zero-order valence-electron chi connectivity index (χ0n) is 18.6. The molecule has 0 heterocycles. The number of carbonyl (C=O) groups is 2. The van der Waals surface area contributed by atoms with Gasteiger partial charge in [0.05, 0.1) is 32.6 Å². The molecule has 0 unspecified atom stereocenters. The number of Topliss-reactive ketones (excluding diaryl/α,β-unsaturated/α-hetero) is 1. The molecule has 0 aliphatic heterocycles. The van der Waals surface area contributed by atoms with E-state index in [2.05, 4.69) is 15.8 Å². The Morgan fingerprint density at radius 2 is 1.48 bits per heavy atom. The number of ketones is 1. The fourth-order valence-corrected chi connectivity index (χ4v) is 2.34. The quantitative estimate of drug-likeness (QED) is 0.146. The summed E-state index contributed by atoms with van der Waals surface area (Å²) in [5, 5.41) is 9.55. The van der Waals surface area contributed by atoms with Gasteiger partial charge in [-0.2, -0.15) is 0 Å². The van der Waals surface area contributed by atoms with Crippen molar-refractivity contribution in [3.05, 3.63) is 35.4 Å².